The van der Waals surface area contributed by atoms with E-state index in [0.29, 0.717) is 55.0 Å². The van der Waals surface area contributed by atoms with Crippen molar-refractivity contribution in [1.82, 2.24) is 29.5 Å². The minimum absolute atomic E-state index is 0. The van der Waals surface area contributed by atoms with Gasteiger partial charge in [-0.25, -0.2) is 19.6 Å². The highest BCUT2D eigenvalue weighted by atomic mass is 16.6. The van der Waals surface area contributed by atoms with Gasteiger partial charge in [-0.05, 0) is 103 Å². The molecule has 1 atom stereocenters. The molecule has 6 rings (SSSR count). The molecule has 0 unspecified atom stereocenters. The third-order valence-corrected chi connectivity index (χ3v) is 8.80. The maximum absolute atomic E-state index is 13.4. The molecular weight excluding hydrogens is 676 g/mol. The summed E-state index contributed by atoms with van der Waals surface area (Å²) in [4.78, 5) is 67.6. The van der Waals surface area contributed by atoms with Gasteiger partial charge < -0.3 is 24.6 Å². The van der Waals surface area contributed by atoms with Gasteiger partial charge in [-0.15, -0.1) is 0 Å². The molecular formula is C39H50N8O6. The van der Waals surface area contributed by atoms with Crippen LogP contribution in [-0.4, -0.2) is 110 Å². The standard InChI is InChI=1S/C38H46N8O6.CH4/c1-37(2,3)51-35(49)32-29-22-27(10-13-30(29)46(42-32)36(50)52-38(4,5)6)41-34(48)26-14-17-43(23-26)24-31(47)45-20-18-44(19-21-45)28-11-8-25(9-12-28)33-39-15-7-16-40-33;/h7-13,15-16,22,26H,14,17-21,23-24H2,1-6H3,(H,41,48);1H4/t26-;/m1./s1. The van der Waals surface area contributed by atoms with E-state index in [1.54, 1.807) is 78.2 Å². The van der Waals surface area contributed by atoms with Gasteiger partial charge in [0.1, 0.15) is 11.2 Å². The molecule has 14 nitrogen and oxygen atoms in total. The van der Waals surface area contributed by atoms with E-state index in [9.17, 15) is 19.2 Å². The fourth-order valence-electron chi connectivity index (χ4n) is 6.33. The molecule has 2 aromatic carbocycles. The lowest BCUT2D eigenvalue weighted by Gasteiger charge is -2.36. The van der Waals surface area contributed by atoms with E-state index in [1.807, 2.05) is 21.9 Å². The van der Waals surface area contributed by atoms with Crippen LogP contribution in [0.15, 0.2) is 60.9 Å². The van der Waals surface area contributed by atoms with Gasteiger partial charge >= 0.3 is 12.1 Å². The highest BCUT2D eigenvalue weighted by Gasteiger charge is 2.32. The Morgan fingerprint density at radius 1 is 0.849 bits per heavy atom. The number of benzene rings is 2. The third kappa shape index (κ3) is 9.55. The monoisotopic (exact) mass is 726 g/mol. The Balaban J connectivity index is 0.00000541. The number of carbonyl (C=O) groups is 4. The maximum atomic E-state index is 13.4. The van der Waals surface area contributed by atoms with Crippen LogP contribution in [0.5, 0.6) is 0 Å². The molecule has 53 heavy (non-hydrogen) atoms. The van der Waals surface area contributed by atoms with Gasteiger partial charge in [0.05, 0.1) is 18.0 Å². The van der Waals surface area contributed by atoms with Crippen molar-refractivity contribution in [3.8, 4) is 11.4 Å². The van der Waals surface area contributed by atoms with E-state index in [1.165, 1.54) is 0 Å². The summed E-state index contributed by atoms with van der Waals surface area (Å²) in [6, 6.07) is 14.8. The van der Waals surface area contributed by atoms with E-state index in [-0.39, 0.29) is 37.4 Å². The molecule has 0 bridgehead atoms. The van der Waals surface area contributed by atoms with Crippen LogP contribution in [-0.2, 0) is 19.1 Å². The summed E-state index contributed by atoms with van der Waals surface area (Å²) >= 11 is 0. The summed E-state index contributed by atoms with van der Waals surface area (Å²) in [7, 11) is 0. The van der Waals surface area contributed by atoms with Crippen molar-refractivity contribution in [2.24, 2.45) is 5.92 Å². The summed E-state index contributed by atoms with van der Waals surface area (Å²) in [6.45, 7) is 14.5. The second kappa shape index (κ2) is 15.7. The Morgan fingerprint density at radius 3 is 2.15 bits per heavy atom. The molecule has 2 aliphatic rings. The fourth-order valence-corrected chi connectivity index (χ4v) is 6.33. The molecule has 0 aliphatic carbocycles. The summed E-state index contributed by atoms with van der Waals surface area (Å²) in [5.74, 6) is -0.467. The predicted molar refractivity (Wildman–Crippen MR) is 203 cm³/mol. The molecule has 0 spiro atoms. The number of nitrogens with one attached hydrogen (secondary N) is 1. The second-order valence-electron chi connectivity index (χ2n) is 15.2. The van der Waals surface area contributed by atoms with Gasteiger partial charge in [-0.1, -0.05) is 7.43 Å². The molecule has 4 aromatic rings. The van der Waals surface area contributed by atoms with Crippen LogP contribution in [0.4, 0.5) is 16.2 Å². The molecule has 282 valence electrons. The van der Waals surface area contributed by atoms with Crippen LogP contribution in [0.25, 0.3) is 22.3 Å². The van der Waals surface area contributed by atoms with Gasteiger partial charge in [0.2, 0.25) is 11.8 Å². The highest BCUT2D eigenvalue weighted by Crippen LogP contribution is 2.28. The number of esters is 1. The van der Waals surface area contributed by atoms with Gasteiger partial charge in [0.15, 0.2) is 11.5 Å². The van der Waals surface area contributed by atoms with Gasteiger partial charge in [0, 0.05) is 67.4 Å². The highest BCUT2D eigenvalue weighted by molar-refractivity contribution is 6.06. The number of carbonyl (C=O) groups excluding carboxylic acids is 4. The molecule has 0 saturated carbocycles. The van der Waals surface area contributed by atoms with Crippen LogP contribution in [0.1, 0.15) is 65.9 Å². The van der Waals surface area contributed by atoms with E-state index in [2.05, 4.69) is 37.4 Å². The zero-order chi connectivity index (χ0) is 37.2. The minimum atomic E-state index is -0.790. The fraction of sp³-hybridized carbons (Fsp3) is 0.462. The number of likely N-dealkylation sites (tertiary alicyclic amines) is 1. The normalized spacial score (nSPS) is 16.6. The number of rotatable bonds is 7. The van der Waals surface area contributed by atoms with E-state index < -0.39 is 23.3 Å². The number of hydrogen-bond acceptors (Lipinski definition) is 11. The first-order valence-electron chi connectivity index (χ1n) is 17.6. The molecule has 0 radical (unpaired) electrons. The number of fused-ring (bicyclic) bond motifs is 1. The van der Waals surface area contributed by atoms with Crippen molar-refractivity contribution in [2.75, 3.05) is 56.0 Å². The number of ether oxygens (including phenoxy) is 2. The lowest BCUT2D eigenvalue weighted by atomic mass is 10.1. The van der Waals surface area contributed by atoms with Gasteiger partial charge in [-0.3, -0.25) is 14.5 Å². The van der Waals surface area contributed by atoms with E-state index >= 15 is 0 Å². The zero-order valence-corrected chi connectivity index (χ0v) is 30.6. The summed E-state index contributed by atoms with van der Waals surface area (Å²) in [6.07, 6.45) is 3.32. The number of hydrogen-bond donors (Lipinski definition) is 1. The minimum Gasteiger partial charge on any atom is -0.455 e. The van der Waals surface area contributed by atoms with Crippen molar-refractivity contribution in [3.63, 3.8) is 0 Å². The first kappa shape index (κ1) is 38.9. The quantitative estimate of drug-likeness (QED) is 0.241. The van der Waals surface area contributed by atoms with Crippen LogP contribution in [0, 0.1) is 5.92 Å². The summed E-state index contributed by atoms with van der Waals surface area (Å²) in [5, 5.41) is 7.57. The van der Waals surface area contributed by atoms with Crippen molar-refractivity contribution in [3.05, 3.63) is 66.6 Å². The number of aromatic nitrogens is 4. The SMILES string of the molecule is C.CC(C)(C)OC(=O)c1nn(C(=O)OC(C)(C)C)c2ccc(NC(=O)[C@@H]3CCN(CC(=O)N4CCN(c5ccc(-c6ncccn6)cc5)CC4)C3)cc12. The topological polar surface area (TPSA) is 152 Å². The second-order valence-corrected chi connectivity index (χ2v) is 15.2. The molecule has 2 saturated heterocycles. The van der Waals surface area contributed by atoms with Crippen molar-refractivity contribution < 1.29 is 28.7 Å². The number of amides is 2. The molecule has 2 aromatic heterocycles. The van der Waals surface area contributed by atoms with Crippen LogP contribution in [0.3, 0.4) is 0 Å². The van der Waals surface area contributed by atoms with Gasteiger partial charge in [0.25, 0.3) is 0 Å². The van der Waals surface area contributed by atoms with Crippen LogP contribution < -0.4 is 10.2 Å². The zero-order valence-electron chi connectivity index (χ0n) is 30.6. The lowest BCUT2D eigenvalue weighted by Crippen LogP contribution is -2.51. The summed E-state index contributed by atoms with van der Waals surface area (Å²) in [5.41, 5.74) is 1.21. The molecule has 2 aliphatic heterocycles. The largest absolute Gasteiger partial charge is 0.455 e. The van der Waals surface area contributed by atoms with Crippen molar-refractivity contribution in [2.45, 2.75) is 66.6 Å². The Bertz CT molecular complexity index is 1940. The molecule has 2 amide bonds. The lowest BCUT2D eigenvalue weighted by molar-refractivity contribution is -0.132. The van der Waals surface area contributed by atoms with Crippen LogP contribution >= 0.6 is 0 Å². The molecule has 4 heterocycles. The predicted octanol–water partition coefficient (Wildman–Crippen LogP) is 5.48. The maximum Gasteiger partial charge on any atom is 0.435 e. The van der Waals surface area contributed by atoms with Crippen LogP contribution in [0.2, 0.25) is 0 Å². The molecule has 14 heteroatoms. The Hall–Kier alpha value is -5.37. The smallest absolute Gasteiger partial charge is 0.435 e. The number of nitrogens with zero attached hydrogens (tertiary/aromatic N) is 7. The van der Waals surface area contributed by atoms with E-state index in [0.717, 1.165) is 29.0 Å². The number of piperazine rings is 1. The molecule has 2 fully saturated rings. The van der Waals surface area contributed by atoms with Gasteiger partial charge in [-0.2, -0.15) is 9.78 Å². The van der Waals surface area contributed by atoms with E-state index in [4.69, 9.17) is 9.47 Å². The average Bonchev–Trinajstić information content (AvgIpc) is 3.72. The Labute approximate surface area is 310 Å². The summed E-state index contributed by atoms with van der Waals surface area (Å²) < 4.78 is 12.1. The first-order chi connectivity index (χ1) is 24.6. The van der Waals surface area contributed by atoms with Crippen molar-refractivity contribution in [1.29, 1.82) is 0 Å². The Kier molecular flexibility index (Phi) is 11.5. The average molecular weight is 727 g/mol. The van der Waals surface area contributed by atoms with Crippen molar-refractivity contribution >= 4 is 46.2 Å². The third-order valence-electron chi connectivity index (χ3n) is 8.80. The Morgan fingerprint density at radius 2 is 1.51 bits per heavy atom. The molecule has 1 N–H and O–H groups in total. The first-order valence-corrected chi connectivity index (χ1v) is 17.6. The number of anilines is 2.